The second kappa shape index (κ2) is 6.04. The molecule has 0 spiro atoms. The maximum Gasteiger partial charge on any atom is 0.226 e. The van der Waals surface area contributed by atoms with E-state index >= 15 is 0 Å². The van der Waals surface area contributed by atoms with Gasteiger partial charge in [0.2, 0.25) is 11.8 Å². The molecule has 0 saturated carbocycles. The van der Waals surface area contributed by atoms with Gasteiger partial charge in [0.25, 0.3) is 0 Å². The predicted molar refractivity (Wildman–Crippen MR) is 89.9 cm³/mol. The number of likely N-dealkylation sites (tertiary alicyclic amines) is 2. The highest BCUT2D eigenvalue weighted by Gasteiger charge is 2.49. The van der Waals surface area contributed by atoms with Crippen molar-refractivity contribution in [3.8, 4) is 0 Å². The van der Waals surface area contributed by atoms with Gasteiger partial charge >= 0.3 is 0 Å². The van der Waals surface area contributed by atoms with Gasteiger partial charge in [-0.15, -0.1) is 0 Å². The van der Waals surface area contributed by atoms with Gasteiger partial charge in [-0.3, -0.25) is 14.6 Å². The molecular weight excluding hydrogens is 302 g/mol. The lowest BCUT2D eigenvalue weighted by molar-refractivity contribution is -0.136. The predicted octanol–water partition coefficient (Wildman–Crippen LogP) is 2.06. The van der Waals surface area contributed by atoms with Gasteiger partial charge < -0.3 is 9.80 Å². The highest BCUT2D eigenvalue weighted by Crippen LogP contribution is 2.35. The first-order chi connectivity index (χ1) is 11.6. The number of hydrogen-bond acceptors (Lipinski definition) is 3. The van der Waals surface area contributed by atoms with E-state index in [1.165, 1.54) is 0 Å². The summed E-state index contributed by atoms with van der Waals surface area (Å²) in [5, 5.41) is 0. The van der Waals surface area contributed by atoms with Crippen molar-refractivity contribution < 1.29 is 9.59 Å². The van der Waals surface area contributed by atoms with E-state index in [4.69, 9.17) is 0 Å². The van der Waals surface area contributed by atoms with Crippen LogP contribution in [-0.4, -0.2) is 45.2 Å². The molecule has 0 unspecified atom stereocenters. The van der Waals surface area contributed by atoms with Gasteiger partial charge in [-0.2, -0.15) is 0 Å². The molecule has 1 aliphatic carbocycles. The van der Waals surface area contributed by atoms with Crippen LogP contribution >= 0.6 is 0 Å². The number of allylic oxidation sites excluding steroid dienone is 2. The molecular formula is C19H23N3O2. The number of amides is 2. The maximum atomic E-state index is 12.8. The SMILES string of the molecule is Cc1cccc(CN2C(=O)C[C@@H]3[C@@H]2CCN3C(=O)C2CC=CC2)n1. The fourth-order valence-corrected chi connectivity index (χ4v) is 4.32. The molecule has 0 radical (unpaired) electrons. The third-order valence-electron chi connectivity index (χ3n) is 5.53. The van der Waals surface area contributed by atoms with Gasteiger partial charge in [-0.05, 0) is 38.3 Å². The number of hydrogen-bond donors (Lipinski definition) is 0. The van der Waals surface area contributed by atoms with E-state index in [0.29, 0.717) is 13.0 Å². The van der Waals surface area contributed by atoms with Crippen LogP contribution in [0.3, 0.4) is 0 Å². The maximum absolute atomic E-state index is 12.8. The Morgan fingerprint density at radius 2 is 2.04 bits per heavy atom. The van der Waals surface area contributed by atoms with Crippen LogP contribution in [0.2, 0.25) is 0 Å². The highest BCUT2D eigenvalue weighted by molar-refractivity contribution is 5.85. The van der Waals surface area contributed by atoms with Crippen molar-refractivity contribution in [1.29, 1.82) is 0 Å². The normalized spacial score (nSPS) is 26.5. The van der Waals surface area contributed by atoms with Gasteiger partial charge in [-0.1, -0.05) is 18.2 Å². The molecule has 3 heterocycles. The molecule has 3 aliphatic rings. The Kier molecular flexibility index (Phi) is 3.87. The van der Waals surface area contributed by atoms with Crippen LogP contribution in [0, 0.1) is 12.8 Å². The Morgan fingerprint density at radius 1 is 1.25 bits per heavy atom. The van der Waals surface area contributed by atoms with Crippen molar-refractivity contribution >= 4 is 11.8 Å². The minimum atomic E-state index is 0.0513. The number of nitrogens with zero attached hydrogens (tertiary/aromatic N) is 3. The minimum Gasteiger partial charge on any atom is -0.337 e. The van der Waals surface area contributed by atoms with E-state index in [2.05, 4.69) is 17.1 Å². The Labute approximate surface area is 142 Å². The molecule has 1 aromatic heterocycles. The summed E-state index contributed by atoms with van der Waals surface area (Å²) >= 11 is 0. The standard InChI is InChI=1S/C19H23N3O2/c1-13-5-4-8-15(20-13)12-22-16-9-10-21(17(16)11-18(22)23)19(24)14-6-2-3-7-14/h2-5,8,14,16-17H,6-7,9-12H2,1H3/t16-,17+/m0/s1. The summed E-state index contributed by atoms with van der Waals surface area (Å²) in [6.45, 7) is 3.29. The van der Waals surface area contributed by atoms with Crippen molar-refractivity contribution in [2.75, 3.05) is 6.54 Å². The molecule has 4 rings (SSSR count). The molecule has 5 heteroatoms. The van der Waals surface area contributed by atoms with E-state index in [-0.39, 0.29) is 29.8 Å². The van der Waals surface area contributed by atoms with Crippen molar-refractivity contribution in [3.05, 3.63) is 41.7 Å². The van der Waals surface area contributed by atoms with Gasteiger partial charge in [0.1, 0.15) is 0 Å². The van der Waals surface area contributed by atoms with E-state index in [1.807, 2.05) is 34.9 Å². The fourth-order valence-electron chi connectivity index (χ4n) is 4.32. The van der Waals surface area contributed by atoms with Gasteiger partial charge in [-0.25, -0.2) is 0 Å². The van der Waals surface area contributed by atoms with Crippen LogP contribution in [0.5, 0.6) is 0 Å². The van der Waals surface area contributed by atoms with Crippen molar-refractivity contribution in [3.63, 3.8) is 0 Å². The first kappa shape index (κ1) is 15.4. The summed E-state index contributed by atoms with van der Waals surface area (Å²) in [4.78, 5) is 33.7. The second-order valence-electron chi connectivity index (χ2n) is 7.09. The van der Waals surface area contributed by atoms with Gasteiger partial charge in [0.15, 0.2) is 0 Å². The van der Waals surface area contributed by atoms with E-state index in [1.54, 1.807) is 0 Å². The van der Waals surface area contributed by atoms with Gasteiger partial charge in [0, 0.05) is 24.6 Å². The first-order valence-corrected chi connectivity index (χ1v) is 8.81. The summed E-state index contributed by atoms with van der Waals surface area (Å²) < 4.78 is 0. The van der Waals surface area contributed by atoms with Crippen molar-refractivity contribution in [2.45, 2.75) is 51.2 Å². The zero-order valence-corrected chi connectivity index (χ0v) is 14.0. The quantitative estimate of drug-likeness (QED) is 0.799. The molecule has 2 fully saturated rings. The summed E-state index contributed by atoms with van der Waals surface area (Å²) in [6, 6.07) is 6.11. The van der Waals surface area contributed by atoms with Crippen LogP contribution in [0.15, 0.2) is 30.4 Å². The van der Waals surface area contributed by atoms with Crippen LogP contribution in [0.1, 0.15) is 37.1 Å². The monoisotopic (exact) mass is 325 g/mol. The largest absolute Gasteiger partial charge is 0.337 e. The Morgan fingerprint density at radius 3 is 2.79 bits per heavy atom. The smallest absolute Gasteiger partial charge is 0.226 e. The lowest BCUT2D eigenvalue weighted by atomic mass is 10.0. The van der Waals surface area contributed by atoms with E-state index in [0.717, 1.165) is 37.2 Å². The zero-order chi connectivity index (χ0) is 16.7. The van der Waals surface area contributed by atoms with Crippen LogP contribution in [0.25, 0.3) is 0 Å². The molecule has 2 atom stereocenters. The zero-order valence-electron chi connectivity index (χ0n) is 14.0. The Hall–Kier alpha value is -2.17. The highest BCUT2D eigenvalue weighted by atomic mass is 16.2. The number of fused-ring (bicyclic) bond motifs is 1. The second-order valence-corrected chi connectivity index (χ2v) is 7.09. The molecule has 1 aromatic rings. The average Bonchev–Trinajstić information content (AvgIpc) is 3.26. The average molecular weight is 325 g/mol. The van der Waals surface area contributed by atoms with Gasteiger partial charge in [0.05, 0.1) is 24.3 Å². The number of aromatic nitrogens is 1. The summed E-state index contributed by atoms with van der Waals surface area (Å²) in [6.07, 6.45) is 7.21. The fraction of sp³-hybridized carbons (Fsp3) is 0.526. The first-order valence-electron chi connectivity index (χ1n) is 8.81. The number of rotatable bonds is 3. The lowest BCUT2D eigenvalue weighted by Crippen LogP contribution is -2.42. The molecule has 0 N–H and O–H groups in total. The molecule has 24 heavy (non-hydrogen) atoms. The molecule has 5 nitrogen and oxygen atoms in total. The number of carbonyl (C=O) groups is 2. The molecule has 0 aromatic carbocycles. The Balaban J connectivity index is 1.48. The Bertz CT molecular complexity index is 692. The van der Waals surface area contributed by atoms with Crippen molar-refractivity contribution in [1.82, 2.24) is 14.8 Å². The number of aryl methyl sites for hydroxylation is 1. The number of carbonyl (C=O) groups excluding carboxylic acids is 2. The summed E-state index contributed by atoms with van der Waals surface area (Å²) in [5.41, 5.74) is 1.89. The summed E-state index contributed by atoms with van der Waals surface area (Å²) in [5.74, 6) is 0.470. The van der Waals surface area contributed by atoms with Crippen molar-refractivity contribution in [2.24, 2.45) is 5.92 Å². The molecule has 2 saturated heterocycles. The van der Waals surface area contributed by atoms with Crippen LogP contribution < -0.4 is 0 Å². The third-order valence-corrected chi connectivity index (χ3v) is 5.53. The molecule has 126 valence electrons. The van der Waals surface area contributed by atoms with Crippen LogP contribution in [-0.2, 0) is 16.1 Å². The summed E-state index contributed by atoms with van der Waals surface area (Å²) in [7, 11) is 0. The molecule has 2 amide bonds. The van der Waals surface area contributed by atoms with E-state index < -0.39 is 0 Å². The number of pyridine rings is 1. The molecule has 2 aliphatic heterocycles. The molecule has 0 bridgehead atoms. The van der Waals surface area contributed by atoms with Crippen LogP contribution in [0.4, 0.5) is 0 Å². The van der Waals surface area contributed by atoms with E-state index in [9.17, 15) is 9.59 Å². The lowest BCUT2D eigenvalue weighted by Gasteiger charge is -2.27. The minimum absolute atomic E-state index is 0.0513. The topological polar surface area (TPSA) is 53.5 Å². The third kappa shape index (κ3) is 2.62.